The SMILES string of the molecule is N=C(N)NCCC[C@H](NC(=O)[C@H](Cc1ccc(O)cc1)NC(=O)[C@@H](CCCCN)NC(=O)[C@@H](CCCNC(=N)N)NC(=O)[C@H](Cc1ccccc1)NC(=O)[C@H](CS)NC(=O)[C@@H](Cc1ccccc1)NC(=O)[C@H](CCCNC(=N)N)NC(=O)[C@@H](N)CC(=O)O)C(=O)N[C@H](Cc1ccc(O)cc1)C(=O)N[C@@H](Cc1c[nH]c2ccccc12)C(=O)N[C@H](Cc1c[nH]cn1)C(=O)N[C@@H](Cc1ccc(O)cc1)C(=O)O. The molecular weight excluding hydrogens is 1820 g/mol. The minimum absolute atomic E-state index is 0.00902. The predicted octanol–water partition coefficient (Wildman–Crippen LogP) is -2.44. The molecule has 0 aliphatic heterocycles. The molecule has 0 aliphatic rings. The standard InChI is InChI=1S/C93H122N26O19S/c94-36-10-9-20-65(109-79(126)67(22-12-38-104-92(98)99)110-83(130)69(40-52-14-3-1-4-15-52)115-89(136)76(50-139)119-86(133)70(41-53-16-5-2-6-17-53)112-81(128)66(21-11-37-103-91(96)97)108-78(125)63(95)47-77(123)124)80(127)113-71(42-54-24-30-59(120)31-25-54)84(131)111-68(23-13-39-105-93(100)101)82(129)114-72(43-55-26-32-60(121)33-27-55)85(132)116-73(45-57-48-106-64-19-8-7-18-62(57)64)87(134)117-74(46-58-49-102-51-107-58)88(135)118-75(90(137)138)44-56-28-34-61(122)35-29-56/h1-8,14-19,24-35,48-49,51,63,65-76,106,120-122,139H,9-13,20-23,36-47,50,94-95H2,(H,102,107)(H,108,125)(H,109,126)(H,110,130)(H,111,131)(H,112,128)(H,113,127)(H,114,129)(H,115,136)(H,116,132)(H,117,134)(H,118,135)(H,119,133)(H,123,124)(H,137,138)(H4,96,97,103)(H4,98,99,104)(H4,100,101,105)/t63-,65+,66-,67+,68-,69-,70+,71-,72+,73-,74+,75-,76-/m0/s1. The summed E-state index contributed by atoms with van der Waals surface area (Å²) in [5.41, 5.74) is 32.1. The maximum absolute atomic E-state index is 15.5. The molecule has 0 fully saturated rings. The number of aromatic hydroxyl groups is 3. The van der Waals surface area contributed by atoms with Gasteiger partial charge in [-0.25, -0.2) is 9.78 Å². The van der Waals surface area contributed by atoms with Gasteiger partial charge < -0.3 is 144 Å². The third kappa shape index (κ3) is 37.4. The average Bonchev–Trinajstić information content (AvgIpc) is 1.73. The molecule has 0 bridgehead atoms. The summed E-state index contributed by atoms with van der Waals surface area (Å²) in [7, 11) is 0. The Bertz CT molecular complexity index is 5470. The van der Waals surface area contributed by atoms with Crippen molar-refractivity contribution in [1.82, 2.24) is 94.7 Å². The van der Waals surface area contributed by atoms with Gasteiger partial charge in [0.15, 0.2) is 17.9 Å². The molecule has 2 heterocycles. The molecule has 0 unspecified atom stereocenters. The van der Waals surface area contributed by atoms with Crippen LogP contribution in [0.2, 0.25) is 0 Å². The normalized spacial score (nSPS) is 13.8. The zero-order chi connectivity index (χ0) is 101. The Kier molecular flexibility index (Phi) is 43.6. The number of carboxylic acids is 2. The highest BCUT2D eigenvalue weighted by molar-refractivity contribution is 7.80. The number of carbonyl (C=O) groups excluding carboxylic acids is 12. The fourth-order valence-corrected chi connectivity index (χ4v) is 15.1. The minimum atomic E-state index is -1.69. The van der Waals surface area contributed by atoms with Gasteiger partial charge in [0.25, 0.3) is 0 Å². The Labute approximate surface area is 804 Å². The first-order valence-electron chi connectivity index (χ1n) is 44.9. The van der Waals surface area contributed by atoms with Crippen LogP contribution in [0.3, 0.4) is 0 Å². The van der Waals surface area contributed by atoms with Gasteiger partial charge in [-0.2, -0.15) is 12.6 Å². The van der Waals surface area contributed by atoms with Crippen LogP contribution >= 0.6 is 12.6 Å². The van der Waals surface area contributed by atoms with Crippen LogP contribution in [0.4, 0.5) is 0 Å². The number of carbonyl (C=O) groups is 14. The summed E-state index contributed by atoms with van der Waals surface area (Å²) >= 11 is 4.41. The van der Waals surface area contributed by atoms with Gasteiger partial charge >= 0.3 is 11.9 Å². The first-order valence-corrected chi connectivity index (χ1v) is 45.5. The quantitative estimate of drug-likeness (QED) is 0.00815. The van der Waals surface area contributed by atoms with E-state index in [-0.39, 0.29) is 158 Å². The van der Waals surface area contributed by atoms with Crippen molar-refractivity contribution in [3.05, 3.63) is 216 Å². The van der Waals surface area contributed by atoms with Crippen LogP contribution in [-0.4, -0.2) is 252 Å². The predicted molar refractivity (Wildman–Crippen MR) is 515 cm³/mol. The van der Waals surface area contributed by atoms with Gasteiger partial charge in [0.1, 0.15) is 89.8 Å². The summed E-state index contributed by atoms with van der Waals surface area (Å²) in [6.07, 6.45) is 1.22. The number of nitrogens with one attached hydrogen (secondary N) is 20. The number of amides is 12. The summed E-state index contributed by atoms with van der Waals surface area (Å²) in [6, 6.07) is 19.6. The number of guanidine groups is 3. The molecule has 8 aromatic rings. The Balaban J connectivity index is 1.08. The number of nitrogens with zero attached hydrogens (tertiary/aromatic N) is 1. The second kappa shape index (κ2) is 55.8. The lowest BCUT2D eigenvalue weighted by Gasteiger charge is -2.29. The fourth-order valence-electron chi connectivity index (χ4n) is 14.8. The van der Waals surface area contributed by atoms with Crippen LogP contribution < -0.4 is 108 Å². The maximum atomic E-state index is 15.5. The highest BCUT2D eigenvalue weighted by Crippen LogP contribution is 2.23. The smallest absolute Gasteiger partial charge is 0.326 e. The van der Waals surface area contributed by atoms with Gasteiger partial charge in [0, 0.05) is 93.6 Å². The van der Waals surface area contributed by atoms with E-state index in [2.05, 4.69) is 107 Å². The van der Waals surface area contributed by atoms with Crippen LogP contribution in [0.15, 0.2) is 176 Å². The number of benzene rings is 6. The number of hydrogen-bond acceptors (Lipinski definition) is 24. The number of hydrogen-bond donors (Lipinski definition) is 31. The number of thiol groups is 1. The van der Waals surface area contributed by atoms with Gasteiger partial charge in [0.2, 0.25) is 70.9 Å². The van der Waals surface area contributed by atoms with Gasteiger partial charge in [-0.3, -0.25) is 78.6 Å². The molecule has 744 valence electrons. The number of phenolic OH excluding ortho intramolecular Hbond substituents is 3. The number of H-pyrrole nitrogens is 2. The molecule has 2 aromatic heterocycles. The number of rotatable bonds is 58. The second-order valence-electron chi connectivity index (χ2n) is 33.0. The summed E-state index contributed by atoms with van der Waals surface area (Å²) < 4.78 is 0. The van der Waals surface area contributed by atoms with Crippen molar-refractivity contribution in [2.24, 2.45) is 28.7 Å². The van der Waals surface area contributed by atoms with Crippen molar-refractivity contribution in [1.29, 1.82) is 16.2 Å². The lowest BCUT2D eigenvalue weighted by atomic mass is 10.00. The molecule has 0 aliphatic carbocycles. The van der Waals surface area contributed by atoms with E-state index in [1.165, 1.54) is 85.3 Å². The number of aliphatic carboxylic acids is 2. The highest BCUT2D eigenvalue weighted by atomic mass is 32.1. The number of phenols is 3. The van der Waals surface area contributed by atoms with Crippen LogP contribution in [0.25, 0.3) is 10.9 Å². The molecule has 139 heavy (non-hydrogen) atoms. The molecule has 45 nitrogen and oxygen atoms in total. The number of carboxylic acid groups (broad SMARTS) is 2. The van der Waals surface area contributed by atoms with E-state index in [0.29, 0.717) is 44.3 Å². The Morgan fingerprint density at radius 1 is 0.353 bits per heavy atom. The Morgan fingerprint density at radius 3 is 1.00 bits per heavy atom. The maximum Gasteiger partial charge on any atom is 0.326 e. The van der Waals surface area contributed by atoms with E-state index < -0.39 is 185 Å². The van der Waals surface area contributed by atoms with Gasteiger partial charge in [-0.05, 0) is 140 Å². The van der Waals surface area contributed by atoms with Crippen molar-refractivity contribution in [2.75, 3.05) is 31.9 Å². The van der Waals surface area contributed by atoms with Crippen LogP contribution in [0.1, 0.15) is 103 Å². The van der Waals surface area contributed by atoms with Crippen LogP contribution in [-0.2, 0) is 112 Å². The molecule has 0 spiro atoms. The molecule has 0 radical (unpaired) electrons. The summed E-state index contributed by atoms with van der Waals surface area (Å²) in [5, 5.41) is 114. The molecule has 46 heteroatoms. The van der Waals surface area contributed by atoms with Gasteiger partial charge in [0.05, 0.1) is 24.5 Å². The Morgan fingerprint density at radius 2 is 0.655 bits per heavy atom. The van der Waals surface area contributed by atoms with Crippen molar-refractivity contribution in [2.45, 2.75) is 188 Å². The van der Waals surface area contributed by atoms with Crippen molar-refractivity contribution >= 4 is 124 Å². The first-order chi connectivity index (χ1) is 66.5. The van der Waals surface area contributed by atoms with Crippen molar-refractivity contribution in [3.8, 4) is 17.2 Å². The van der Waals surface area contributed by atoms with Crippen LogP contribution in [0, 0.1) is 16.2 Å². The highest BCUT2D eigenvalue weighted by Gasteiger charge is 2.39. The lowest BCUT2D eigenvalue weighted by molar-refractivity contribution is -0.142. The fraction of sp³-hybridized carbons (Fsp3) is 0.376. The molecule has 0 saturated heterocycles. The number of nitrogens with two attached hydrogens (primary N) is 5. The van der Waals surface area contributed by atoms with E-state index in [0.717, 1.165) is 0 Å². The first kappa shape index (κ1) is 108. The van der Waals surface area contributed by atoms with Crippen LogP contribution in [0.5, 0.6) is 17.2 Å². The molecular formula is C93H122N26O19S. The summed E-state index contributed by atoms with van der Waals surface area (Å²) in [5.74, 6) is -16.9. The van der Waals surface area contributed by atoms with Gasteiger partial charge in [-0.1, -0.05) is 115 Å². The number of para-hydroxylation sites is 1. The summed E-state index contributed by atoms with van der Waals surface area (Å²) in [6.45, 7) is 0.0607. The zero-order valence-corrected chi connectivity index (χ0v) is 76.9. The molecule has 0 saturated carbocycles. The number of aromatic amines is 2. The minimum Gasteiger partial charge on any atom is -0.508 e. The Hall–Kier alpha value is -15.9. The topological polar surface area (TPSA) is 767 Å². The number of unbranched alkanes of at least 4 members (excludes halogenated alkanes) is 1. The summed E-state index contributed by atoms with van der Waals surface area (Å²) in [4.78, 5) is 213. The third-order valence-electron chi connectivity index (χ3n) is 22.2. The van der Waals surface area contributed by atoms with Crippen molar-refractivity contribution in [3.63, 3.8) is 0 Å². The molecule has 8 rings (SSSR count). The molecule has 6 aromatic carbocycles. The van der Waals surface area contributed by atoms with E-state index >= 15 is 33.6 Å². The molecule has 35 N–H and O–H groups in total. The monoisotopic (exact) mass is 1940 g/mol. The largest absolute Gasteiger partial charge is 0.508 e. The number of fused-ring (bicyclic) bond motifs is 1. The molecule has 13 atom stereocenters. The van der Waals surface area contributed by atoms with E-state index in [9.17, 15) is 59.1 Å². The van der Waals surface area contributed by atoms with Crippen molar-refractivity contribution < 1.29 is 92.7 Å². The average molecular weight is 1940 g/mol. The second-order valence-corrected chi connectivity index (χ2v) is 33.4. The number of imidazole rings is 1. The number of aromatic nitrogens is 3. The van der Waals surface area contributed by atoms with Gasteiger partial charge in [-0.15, -0.1) is 0 Å². The molecule has 12 amide bonds. The zero-order valence-electron chi connectivity index (χ0n) is 76.0. The third-order valence-corrected chi connectivity index (χ3v) is 22.5. The van der Waals surface area contributed by atoms with E-state index in [1.54, 1.807) is 91.1 Å². The van der Waals surface area contributed by atoms with E-state index in [4.69, 9.17) is 44.9 Å². The van der Waals surface area contributed by atoms with E-state index in [1.807, 2.05) is 0 Å². The lowest BCUT2D eigenvalue weighted by Crippen LogP contribution is -2.61.